The molecule has 0 saturated heterocycles. The van der Waals surface area contributed by atoms with Crippen molar-refractivity contribution in [2.45, 2.75) is 13.8 Å². The van der Waals surface area contributed by atoms with E-state index in [1.165, 1.54) is 0 Å². The molecule has 2 N–H and O–H groups in total. The topological polar surface area (TPSA) is 26.0 Å². The van der Waals surface area contributed by atoms with E-state index in [0.29, 0.717) is 0 Å². The van der Waals surface area contributed by atoms with Gasteiger partial charge < -0.3 is 5.73 Å². The highest BCUT2D eigenvalue weighted by atomic mass is 127. The molecule has 0 radical (unpaired) electrons. The summed E-state index contributed by atoms with van der Waals surface area (Å²) >= 11 is 2.20. The van der Waals surface area contributed by atoms with Crippen molar-refractivity contribution < 1.29 is 0 Å². The van der Waals surface area contributed by atoms with Gasteiger partial charge in [-0.3, -0.25) is 0 Å². The van der Waals surface area contributed by atoms with Crippen molar-refractivity contribution in [3.63, 3.8) is 0 Å². The van der Waals surface area contributed by atoms with E-state index < -0.39 is 0 Å². The summed E-state index contributed by atoms with van der Waals surface area (Å²) in [5, 5.41) is 0. The molecule has 0 spiro atoms. The molecule has 2 heteroatoms. The molecule has 1 rings (SSSR count). The Hall–Kier alpha value is -0.250. The molecular weight excluding hydrogens is 237 g/mol. The highest BCUT2D eigenvalue weighted by Gasteiger charge is 1.86. The molecular formula is C8H12IN. The minimum absolute atomic E-state index is 0.855. The Kier molecular flexibility index (Phi) is 5.39. The van der Waals surface area contributed by atoms with Gasteiger partial charge in [0.1, 0.15) is 0 Å². The monoisotopic (exact) mass is 249 g/mol. The lowest BCUT2D eigenvalue weighted by Crippen LogP contribution is -1.85. The third kappa shape index (κ3) is 3.06. The van der Waals surface area contributed by atoms with Crippen LogP contribution in [0.2, 0.25) is 0 Å². The molecule has 0 atom stereocenters. The van der Waals surface area contributed by atoms with Gasteiger partial charge in [0.15, 0.2) is 0 Å². The predicted molar refractivity (Wildman–Crippen MR) is 54.9 cm³/mol. The fourth-order valence-corrected chi connectivity index (χ4v) is 0.862. The first-order valence-electron chi connectivity index (χ1n) is 3.31. The number of nitrogen functional groups attached to an aromatic ring is 1. The van der Waals surface area contributed by atoms with E-state index in [0.717, 1.165) is 9.26 Å². The zero-order chi connectivity index (χ0) is 7.98. The smallest absolute Gasteiger partial charge is 0.0449 e. The third-order valence-electron chi connectivity index (χ3n) is 0.905. The molecule has 1 aromatic rings. The van der Waals surface area contributed by atoms with Gasteiger partial charge in [-0.15, -0.1) is 0 Å². The van der Waals surface area contributed by atoms with Crippen LogP contribution < -0.4 is 5.73 Å². The summed E-state index contributed by atoms with van der Waals surface area (Å²) in [6.45, 7) is 4.00. The van der Waals surface area contributed by atoms with Crippen LogP contribution >= 0.6 is 22.6 Å². The summed E-state index contributed by atoms with van der Waals surface area (Å²) in [4.78, 5) is 0. The van der Waals surface area contributed by atoms with Crippen LogP contribution in [0.3, 0.4) is 0 Å². The van der Waals surface area contributed by atoms with Crippen LogP contribution in [0.15, 0.2) is 24.3 Å². The Balaban J connectivity index is 0.000000371. The molecule has 0 aliphatic heterocycles. The molecule has 0 aliphatic rings. The van der Waals surface area contributed by atoms with E-state index in [2.05, 4.69) is 22.6 Å². The average molecular weight is 249 g/mol. The third-order valence-corrected chi connectivity index (χ3v) is 1.89. The Morgan fingerprint density at radius 1 is 1.20 bits per heavy atom. The van der Waals surface area contributed by atoms with Crippen LogP contribution in [0.1, 0.15) is 13.8 Å². The highest BCUT2D eigenvalue weighted by Crippen LogP contribution is 2.11. The van der Waals surface area contributed by atoms with Crippen molar-refractivity contribution in [1.82, 2.24) is 0 Å². The zero-order valence-corrected chi connectivity index (χ0v) is 8.42. The predicted octanol–water partition coefficient (Wildman–Crippen LogP) is 2.90. The molecule has 0 aliphatic carbocycles. The summed E-state index contributed by atoms with van der Waals surface area (Å²) in [5.74, 6) is 0. The summed E-state index contributed by atoms with van der Waals surface area (Å²) in [7, 11) is 0. The molecule has 0 amide bonds. The largest absolute Gasteiger partial charge is 0.398 e. The lowest BCUT2D eigenvalue weighted by Gasteiger charge is -1.91. The van der Waals surface area contributed by atoms with Gasteiger partial charge in [-0.1, -0.05) is 26.0 Å². The van der Waals surface area contributed by atoms with Crippen LogP contribution in [0.4, 0.5) is 5.69 Å². The van der Waals surface area contributed by atoms with E-state index in [1.807, 2.05) is 38.1 Å². The Bertz CT molecular complexity index is 165. The van der Waals surface area contributed by atoms with Crippen molar-refractivity contribution in [2.24, 2.45) is 0 Å². The van der Waals surface area contributed by atoms with E-state index in [9.17, 15) is 0 Å². The SMILES string of the molecule is CC.Nc1ccccc1I. The first-order valence-corrected chi connectivity index (χ1v) is 4.38. The molecule has 0 heterocycles. The minimum Gasteiger partial charge on any atom is -0.398 e. The Morgan fingerprint density at radius 3 is 2.00 bits per heavy atom. The zero-order valence-electron chi connectivity index (χ0n) is 6.26. The maximum absolute atomic E-state index is 5.51. The quantitative estimate of drug-likeness (QED) is 0.555. The van der Waals surface area contributed by atoms with Crippen LogP contribution in [-0.2, 0) is 0 Å². The molecule has 10 heavy (non-hydrogen) atoms. The van der Waals surface area contributed by atoms with Crippen LogP contribution in [0.5, 0.6) is 0 Å². The van der Waals surface area contributed by atoms with Crippen LogP contribution in [-0.4, -0.2) is 0 Å². The minimum atomic E-state index is 0.855. The van der Waals surface area contributed by atoms with Crippen molar-refractivity contribution in [2.75, 3.05) is 5.73 Å². The van der Waals surface area contributed by atoms with Crippen molar-refractivity contribution >= 4 is 28.3 Å². The maximum atomic E-state index is 5.51. The average Bonchev–Trinajstić information content (AvgIpc) is 2.00. The molecule has 0 unspecified atom stereocenters. The summed E-state index contributed by atoms with van der Waals surface area (Å²) in [6, 6.07) is 7.77. The number of hydrogen-bond donors (Lipinski definition) is 1. The highest BCUT2D eigenvalue weighted by molar-refractivity contribution is 14.1. The van der Waals surface area contributed by atoms with Crippen LogP contribution in [0.25, 0.3) is 0 Å². The van der Waals surface area contributed by atoms with Gasteiger partial charge in [-0.25, -0.2) is 0 Å². The van der Waals surface area contributed by atoms with Gasteiger partial charge in [0.25, 0.3) is 0 Å². The van der Waals surface area contributed by atoms with Crippen molar-refractivity contribution in [3.8, 4) is 0 Å². The molecule has 0 fully saturated rings. The van der Waals surface area contributed by atoms with Gasteiger partial charge in [0.2, 0.25) is 0 Å². The van der Waals surface area contributed by atoms with Crippen LogP contribution in [0, 0.1) is 3.57 Å². The number of rotatable bonds is 0. The molecule has 56 valence electrons. The van der Waals surface area contributed by atoms with Gasteiger partial charge in [-0.05, 0) is 34.7 Å². The fourth-order valence-electron chi connectivity index (χ4n) is 0.475. The van der Waals surface area contributed by atoms with Gasteiger partial charge in [-0.2, -0.15) is 0 Å². The number of anilines is 1. The van der Waals surface area contributed by atoms with Gasteiger partial charge in [0.05, 0.1) is 0 Å². The molecule has 1 aromatic carbocycles. The van der Waals surface area contributed by atoms with E-state index in [1.54, 1.807) is 0 Å². The standard InChI is InChI=1S/C6H6IN.C2H6/c7-5-3-1-2-4-6(5)8;1-2/h1-4H,8H2;1-2H3. The number of para-hydroxylation sites is 1. The molecule has 0 aromatic heterocycles. The molecule has 0 bridgehead atoms. The van der Waals surface area contributed by atoms with E-state index in [-0.39, 0.29) is 0 Å². The second kappa shape index (κ2) is 5.53. The van der Waals surface area contributed by atoms with Crippen molar-refractivity contribution in [1.29, 1.82) is 0 Å². The first kappa shape index (κ1) is 9.75. The fraction of sp³-hybridized carbons (Fsp3) is 0.250. The summed E-state index contributed by atoms with van der Waals surface area (Å²) in [6.07, 6.45) is 0. The van der Waals surface area contributed by atoms with E-state index >= 15 is 0 Å². The summed E-state index contributed by atoms with van der Waals surface area (Å²) < 4.78 is 1.12. The molecule has 1 nitrogen and oxygen atoms in total. The second-order valence-electron chi connectivity index (χ2n) is 1.52. The number of halogens is 1. The lowest BCUT2D eigenvalue weighted by molar-refractivity contribution is 1.50. The molecule has 0 saturated carbocycles. The Morgan fingerprint density at radius 2 is 1.70 bits per heavy atom. The lowest BCUT2D eigenvalue weighted by atomic mass is 10.3. The van der Waals surface area contributed by atoms with Crippen molar-refractivity contribution in [3.05, 3.63) is 27.8 Å². The van der Waals surface area contributed by atoms with E-state index in [4.69, 9.17) is 5.73 Å². The summed E-state index contributed by atoms with van der Waals surface area (Å²) in [5.41, 5.74) is 6.37. The maximum Gasteiger partial charge on any atom is 0.0449 e. The first-order chi connectivity index (χ1) is 4.80. The van der Waals surface area contributed by atoms with Gasteiger partial charge in [0, 0.05) is 9.26 Å². The van der Waals surface area contributed by atoms with Gasteiger partial charge >= 0.3 is 0 Å². The second-order valence-corrected chi connectivity index (χ2v) is 2.68. The number of nitrogens with two attached hydrogens (primary N) is 1. The number of hydrogen-bond acceptors (Lipinski definition) is 1. The normalized spacial score (nSPS) is 7.90. The number of benzene rings is 1. The Labute approximate surface area is 75.8 Å².